The summed E-state index contributed by atoms with van der Waals surface area (Å²) in [4.78, 5) is 25.2. The van der Waals surface area contributed by atoms with Gasteiger partial charge in [-0.05, 0) is 12.1 Å². The van der Waals surface area contributed by atoms with Crippen molar-refractivity contribution in [3.05, 3.63) is 35.5 Å². The molecule has 1 aliphatic heterocycles. The zero-order valence-corrected chi connectivity index (χ0v) is 10.9. The predicted molar refractivity (Wildman–Crippen MR) is 67.5 cm³/mol. The number of fused-ring (bicyclic) bond motifs is 1. The van der Waals surface area contributed by atoms with Crippen molar-refractivity contribution in [2.24, 2.45) is 0 Å². The molecule has 0 aliphatic carbocycles. The van der Waals surface area contributed by atoms with Crippen LogP contribution in [0.5, 0.6) is 5.75 Å². The van der Waals surface area contributed by atoms with Crippen LogP contribution >= 0.6 is 0 Å². The predicted octanol–water partition coefficient (Wildman–Crippen LogP) is 1.12. The number of ether oxygens (including phenoxy) is 1. The molecule has 102 valence electrons. The third kappa shape index (κ3) is 1.83. The van der Waals surface area contributed by atoms with Crippen molar-refractivity contribution >= 4 is 17.4 Å². The summed E-state index contributed by atoms with van der Waals surface area (Å²) in [6.45, 7) is 1.72. The molecule has 1 aromatic heterocycles. The van der Waals surface area contributed by atoms with Gasteiger partial charge in [0, 0.05) is 13.0 Å². The number of ketones is 1. The number of anilines is 1. The Kier molecular flexibility index (Phi) is 2.74. The lowest BCUT2D eigenvalue weighted by Crippen LogP contribution is -2.29. The molecule has 1 aromatic carbocycles. The molecule has 3 rings (SSSR count). The highest BCUT2D eigenvalue weighted by atomic mass is 16.5. The van der Waals surface area contributed by atoms with Crippen molar-refractivity contribution in [3.63, 3.8) is 0 Å². The van der Waals surface area contributed by atoms with Crippen LogP contribution in [-0.2, 0) is 11.3 Å². The summed E-state index contributed by atoms with van der Waals surface area (Å²) in [5.41, 5.74) is 0.849. The van der Waals surface area contributed by atoms with Gasteiger partial charge in [-0.2, -0.15) is 0 Å². The Morgan fingerprint density at radius 1 is 1.30 bits per heavy atom. The molecule has 0 saturated heterocycles. The van der Waals surface area contributed by atoms with Gasteiger partial charge in [0.2, 0.25) is 11.8 Å². The first-order chi connectivity index (χ1) is 9.60. The van der Waals surface area contributed by atoms with Crippen LogP contribution in [0.25, 0.3) is 0 Å². The van der Waals surface area contributed by atoms with Crippen LogP contribution in [0.2, 0.25) is 0 Å². The summed E-state index contributed by atoms with van der Waals surface area (Å²) >= 11 is 0. The second-order valence-electron chi connectivity index (χ2n) is 4.32. The molecule has 0 unspecified atom stereocenters. The maximum absolute atomic E-state index is 12.0. The summed E-state index contributed by atoms with van der Waals surface area (Å²) in [6.07, 6.45) is 0. The smallest absolute Gasteiger partial charge is 0.299 e. The second kappa shape index (κ2) is 4.44. The number of hydrogen-bond donors (Lipinski definition) is 0. The van der Waals surface area contributed by atoms with Crippen molar-refractivity contribution < 1.29 is 18.7 Å². The van der Waals surface area contributed by atoms with E-state index in [0.29, 0.717) is 22.9 Å². The van der Waals surface area contributed by atoms with Crippen molar-refractivity contribution in [2.45, 2.75) is 13.5 Å². The van der Waals surface area contributed by atoms with E-state index in [1.165, 1.54) is 12.0 Å². The van der Waals surface area contributed by atoms with Gasteiger partial charge < -0.3 is 9.15 Å². The number of hydrogen-bond acceptors (Lipinski definition) is 6. The fraction of sp³-hybridized carbons (Fsp3) is 0.231. The zero-order chi connectivity index (χ0) is 14.3. The van der Waals surface area contributed by atoms with Gasteiger partial charge in [-0.15, -0.1) is 10.2 Å². The monoisotopic (exact) mass is 273 g/mol. The first-order valence-electron chi connectivity index (χ1n) is 5.93. The fourth-order valence-electron chi connectivity index (χ4n) is 2.09. The number of rotatable bonds is 3. The molecule has 1 amide bonds. The second-order valence-corrected chi connectivity index (χ2v) is 4.32. The molecule has 0 fully saturated rings. The third-order valence-corrected chi connectivity index (χ3v) is 3.04. The highest BCUT2D eigenvalue weighted by molar-refractivity contribution is 6.52. The number of methoxy groups -OCH3 is 1. The Labute approximate surface area is 114 Å². The Bertz CT molecular complexity index is 707. The van der Waals surface area contributed by atoms with Crippen LogP contribution in [0, 0.1) is 6.92 Å². The third-order valence-electron chi connectivity index (χ3n) is 3.04. The SMILES string of the molecule is COc1ccc2c(c1)N(Cc1nnc(C)o1)C(=O)C2=O. The van der Waals surface area contributed by atoms with Crippen LogP contribution in [-0.4, -0.2) is 29.0 Å². The Morgan fingerprint density at radius 2 is 2.10 bits per heavy atom. The normalized spacial score (nSPS) is 13.8. The minimum Gasteiger partial charge on any atom is -0.497 e. The van der Waals surface area contributed by atoms with Gasteiger partial charge in [-0.3, -0.25) is 14.5 Å². The van der Waals surface area contributed by atoms with E-state index in [1.54, 1.807) is 25.1 Å². The van der Waals surface area contributed by atoms with Crippen molar-refractivity contribution in [1.82, 2.24) is 10.2 Å². The number of nitrogens with zero attached hydrogens (tertiary/aromatic N) is 3. The summed E-state index contributed by atoms with van der Waals surface area (Å²) < 4.78 is 10.4. The lowest BCUT2D eigenvalue weighted by atomic mass is 10.1. The fourth-order valence-corrected chi connectivity index (χ4v) is 2.09. The van der Waals surface area contributed by atoms with Gasteiger partial charge >= 0.3 is 0 Å². The van der Waals surface area contributed by atoms with Crippen molar-refractivity contribution in [3.8, 4) is 5.75 Å². The van der Waals surface area contributed by atoms with E-state index < -0.39 is 11.7 Å². The molecule has 2 heterocycles. The first-order valence-corrected chi connectivity index (χ1v) is 5.93. The highest BCUT2D eigenvalue weighted by Gasteiger charge is 2.36. The van der Waals surface area contributed by atoms with Gasteiger partial charge in [0.05, 0.1) is 18.4 Å². The number of Topliss-reactive ketones (excluding diaryl/α,β-unsaturated/α-hetero) is 1. The van der Waals surface area contributed by atoms with E-state index in [1.807, 2.05) is 0 Å². The number of carbonyl (C=O) groups excluding carboxylic acids is 2. The summed E-state index contributed by atoms with van der Waals surface area (Å²) in [6, 6.07) is 4.86. The van der Waals surface area contributed by atoms with Crippen LogP contribution in [0.15, 0.2) is 22.6 Å². The summed E-state index contributed by atoms with van der Waals surface area (Å²) in [5.74, 6) is 0.101. The topological polar surface area (TPSA) is 85.5 Å². The minimum absolute atomic E-state index is 0.0611. The number of carbonyl (C=O) groups is 2. The molecular weight excluding hydrogens is 262 g/mol. The molecular formula is C13H11N3O4. The highest BCUT2D eigenvalue weighted by Crippen LogP contribution is 2.33. The Hall–Kier alpha value is -2.70. The van der Waals surface area contributed by atoms with E-state index >= 15 is 0 Å². The molecule has 0 N–H and O–H groups in total. The minimum atomic E-state index is -0.607. The van der Waals surface area contributed by atoms with E-state index in [4.69, 9.17) is 9.15 Å². The van der Waals surface area contributed by atoms with Crippen LogP contribution < -0.4 is 9.64 Å². The molecule has 20 heavy (non-hydrogen) atoms. The maximum atomic E-state index is 12.0. The first kappa shape index (κ1) is 12.3. The summed E-state index contributed by atoms with van der Waals surface area (Å²) in [5, 5.41) is 7.53. The van der Waals surface area contributed by atoms with E-state index in [0.717, 1.165) is 0 Å². The van der Waals surface area contributed by atoms with Crippen molar-refractivity contribution in [1.29, 1.82) is 0 Å². The van der Waals surface area contributed by atoms with Gasteiger partial charge in [0.15, 0.2) is 0 Å². The quantitative estimate of drug-likeness (QED) is 0.779. The standard InChI is InChI=1S/C13H11N3O4/c1-7-14-15-11(20-7)6-16-10-5-8(19-2)3-4-9(10)12(17)13(16)18/h3-5H,6H2,1-2H3. The summed E-state index contributed by atoms with van der Waals surface area (Å²) in [7, 11) is 1.52. The van der Waals surface area contributed by atoms with Crippen LogP contribution in [0.4, 0.5) is 5.69 Å². The molecule has 0 saturated carbocycles. The van der Waals surface area contributed by atoms with Gasteiger partial charge in [0.1, 0.15) is 12.3 Å². The molecule has 0 bridgehead atoms. The molecule has 0 spiro atoms. The van der Waals surface area contributed by atoms with E-state index in [-0.39, 0.29) is 12.4 Å². The molecule has 2 aromatic rings. The molecule has 1 aliphatic rings. The number of aromatic nitrogens is 2. The zero-order valence-electron chi connectivity index (χ0n) is 10.9. The largest absolute Gasteiger partial charge is 0.497 e. The van der Waals surface area contributed by atoms with Crippen LogP contribution in [0.1, 0.15) is 22.1 Å². The van der Waals surface area contributed by atoms with Crippen molar-refractivity contribution in [2.75, 3.05) is 12.0 Å². The molecule has 7 nitrogen and oxygen atoms in total. The lowest BCUT2D eigenvalue weighted by Gasteiger charge is -2.14. The van der Waals surface area contributed by atoms with E-state index in [2.05, 4.69) is 10.2 Å². The average Bonchev–Trinajstić information content (AvgIpc) is 2.96. The maximum Gasteiger partial charge on any atom is 0.299 e. The molecule has 0 atom stereocenters. The number of amides is 1. The number of aryl methyl sites for hydroxylation is 1. The van der Waals surface area contributed by atoms with E-state index in [9.17, 15) is 9.59 Å². The lowest BCUT2D eigenvalue weighted by molar-refractivity contribution is -0.114. The molecule has 0 radical (unpaired) electrons. The van der Waals surface area contributed by atoms with Gasteiger partial charge in [-0.1, -0.05) is 0 Å². The average molecular weight is 273 g/mol. The van der Waals surface area contributed by atoms with Gasteiger partial charge in [-0.25, -0.2) is 0 Å². The Morgan fingerprint density at radius 3 is 2.75 bits per heavy atom. The molecule has 7 heteroatoms. The Balaban J connectivity index is 2.00. The van der Waals surface area contributed by atoms with Gasteiger partial charge in [0.25, 0.3) is 11.7 Å². The van der Waals surface area contributed by atoms with Crippen LogP contribution in [0.3, 0.4) is 0 Å². The number of benzene rings is 1.